The third kappa shape index (κ3) is 3.33. The Labute approximate surface area is 114 Å². The van der Waals surface area contributed by atoms with Crippen LogP contribution in [0.5, 0.6) is 5.75 Å². The van der Waals surface area contributed by atoms with Crippen molar-refractivity contribution in [1.29, 1.82) is 0 Å². The van der Waals surface area contributed by atoms with Crippen LogP contribution in [0.15, 0.2) is 34.9 Å². The number of rotatable bonds is 4. The third-order valence-corrected chi connectivity index (χ3v) is 2.73. The van der Waals surface area contributed by atoms with E-state index in [1.807, 2.05) is 24.3 Å². The number of nitrogen functional groups attached to an aromatic ring is 1. The summed E-state index contributed by atoms with van der Waals surface area (Å²) in [5.74, 6) is 1.76. The monoisotopic (exact) mass is 308 g/mol. The number of nitrogens with zero attached hydrogens (tertiary/aromatic N) is 2. The van der Waals surface area contributed by atoms with Gasteiger partial charge in [-0.2, -0.15) is 4.98 Å². The van der Waals surface area contributed by atoms with Crippen molar-refractivity contribution in [3.63, 3.8) is 0 Å². The molecule has 0 atom stereocenters. The number of nitrogens with two attached hydrogens (primary N) is 1. The van der Waals surface area contributed by atoms with E-state index in [0.717, 1.165) is 11.3 Å². The molecule has 0 spiro atoms. The van der Waals surface area contributed by atoms with Crippen LogP contribution < -0.4 is 15.8 Å². The lowest BCUT2D eigenvalue weighted by Crippen LogP contribution is -2.05. The molecule has 1 heterocycles. The fourth-order valence-corrected chi connectivity index (χ4v) is 1.84. The Morgan fingerprint density at radius 2 is 2.00 bits per heavy atom. The van der Waals surface area contributed by atoms with E-state index in [9.17, 15) is 0 Å². The van der Waals surface area contributed by atoms with Gasteiger partial charge in [0.15, 0.2) is 0 Å². The number of benzene rings is 1. The Morgan fingerprint density at radius 3 is 2.61 bits per heavy atom. The lowest BCUT2D eigenvalue weighted by atomic mass is 10.2. The van der Waals surface area contributed by atoms with Crippen molar-refractivity contribution in [2.45, 2.75) is 6.54 Å². The van der Waals surface area contributed by atoms with Crippen LogP contribution in [0.2, 0.25) is 0 Å². The second kappa shape index (κ2) is 5.68. The molecule has 94 valence electrons. The summed E-state index contributed by atoms with van der Waals surface area (Å²) in [7, 11) is 1.64. The van der Waals surface area contributed by atoms with Gasteiger partial charge in [-0.25, -0.2) is 4.98 Å². The van der Waals surface area contributed by atoms with Gasteiger partial charge in [-0.3, -0.25) is 0 Å². The van der Waals surface area contributed by atoms with Crippen LogP contribution >= 0.6 is 15.9 Å². The van der Waals surface area contributed by atoms with E-state index in [2.05, 4.69) is 31.2 Å². The first kappa shape index (κ1) is 12.6. The molecule has 0 amide bonds. The maximum atomic E-state index is 5.63. The molecule has 0 unspecified atom stereocenters. The summed E-state index contributed by atoms with van der Waals surface area (Å²) in [6.45, 7) is 0.625. The van der Waals surface area contributed by atoms with Crippen molar-refractivity contribution in [1.82, 2.24) is 9.97 Å². The first-order valence-electron chi connectivity index (χ1n) is 5.34. The molecule has 0 bridgehead atoms. The fraction of sp³-hybridized carbons (Fsp3) is 0.167. The number of anilines is 2. The Morgan fingerprint density at radius 1 is 1.28 bits per heavy atom. The number of nitrogens with one attached hydrogen (secondary N) is 1. The average molecular weight is 309 g/mol. The van der Waals surface area contributed by atoms with E-state index in [-0.39, 0.29) is 0 Å². The highest BCUT2D eigenvalue weighted by Gasteiger charge is 2.00. The molecule has 0 aliphatic heterocycles. The highest BCUT2D eigenvalue weighted by molar-refractivity contribution is 9.10. The van der Waals surface area contributed by atoms with Crippen LogP contribution in [0.3, 0.4) is 0 Å². The molecule has 0 saturated carbocycles. The molecule has 0 aliphatic rings. The Kier molecular flexibility index (Phi) is 3.99. The number of hydrogen-bond acceptors (Lipinski definition) is 5. The zero-order chi connectivity index (χ0) is 13.0. The lowest BCUT2D eigenvalue weighted by molar-refractivity contribution is 0.414. The van der Waals surface area contributed by atoms with Gasteiger partial charge in [0.2, 0.25) is 5.95 Å². The summed E-state index contributed by atoms with van der Waals surface area (Å²) in [5, 5.41) is 3.11. The smallest absolute Gasteiger partial charge is 0.225 e. The number of halogens is 1. The minimum absolute atomic E-state index is 0.425. The van der Waals surface area contributed by atoms with E-state index in [0.29, 0.717) is 22.9 Å². The summed E-state index contributed by atoms with van der Waals surface area (Å²) in [5.41, 5.74) is 6.74. The van der Waals surface area contributed by atoms with E-state index >= 15 is 0 Å². The number of methoxy groups -OCH3 is 1. The van der Waals surface area contributed by atoms with E-state index < -0.39 is 0 Å². The van der Waals surface area contributed by atoms with Crippen LogP contribution in [0, 0.1) is 0 Å². The van der Waals surface area contributed by atoms with Crippen molar-refractivity contribution < 1.29 is 4.74 Å². The highest BCUT2D eigenvalue weighted by Crippen LogP contribution is 2.14. The molecule has 0 aliphatic carbocycles. The molecule has 5 nitrogen and oxygen atoms in total. The summed E-state index contributed by atoms with van der Waals surface area (Å²) < 4.78 is 5.76. The molecular formula is C12H13BrN4O. The Hall–Kier alpha value is -1.82. The molecule has 6 heteroatoms. The SMILES string of the molecule is COc1ccc(CNc2nc(N)cc(Br)n2)cc1. The summed E-state index contributed by atoms with van der Waals surface area (Å²) in [6.07, 6.45) is 0. The van der Waals surface area contributed by atoms with E-state index in [1.165, 1.54) is 0 Å². The topological polar surface area (TPSA) is 73.1 Å². The van der Waals surface area contributed by atoms with Gasteiger partial charge in [0, 0.05) is 12.6 Å². The van der Waals surface area contributed by atoms with Crippen molar-refractivity contribution >= 4 is 27.7 Å². The Balaban J connectivity index is 2.01. The van der Waals surface area contributed by atoms with Crippen LogP contribution in [0.25, 0.3) is 0 Å². The Bertz CT molecular complexity index is 510. The molecule has 0 radical (unpaired) electrons. The van der Waals surface area contributed by atoms with Crippen LogP contribution in [0.1, 0.15) is 5.56 Å². The zero-order valence-corrected chi connectivity index (χ0v) is 11.4. The molecule has 3 N–H and O–H groups in total. The maximum Gasteiger partial charge on any atom is 0.225 e. The molecule has 1 aromatic carbocycles. The van der Waals surface area contributed by atoms with Gasteiger partial charge < -0.3 is 15.8 Å². The quantitative estimate of drug-likeness (QED) is 0.849. The first-order valence-corrected chi connectivity index (χ1v) is 6.13. The van der Waals surface area contributed by atoms with Gasteiger partial charge in [0.25, 0.3) is 0 Å². The summed E-state index contributed by atoms with van der Waals surface area (Å²) in [6, 6.07) is 9.43. The largest absolute Gasteiger partial charge is 0.497 e. The lowest BCUT2D eigenvalue weighted by Gasteiger charge is -2.06. The molecular weight excluding hydrogens is 296 g/mol. The van der Waals surface area contributed by atoms with Gasteiger partial charge in [-0.05, 0) is 33.6 Å². The second-order valence-electron chi connectivity index (χ2n) is 3.64. The van der Waals surface area contributed by atoms with Gasteiger partial charge in [-0.1, -0.05) is 12.1 Å². The zero-order valence-electron chi connectivity index (χ0n) is 9.85. The summed E-state index contributed by atoms with van der Waals surface area (Å²) >= 11 is 3.27. The number of aromatic nitrogens is 2. The molecule has 1 aromatic heterocycles. The van der Waals surface area contributed by atoms with Crippen molar-refractivity contribution in [2.75, 3.05) is 18.2 Å². The fourth-order valence-electron chi connectivity index (χ4n) is 1.44. The van der Waals surface area contributed by atoms with Crippen LogP contribution in [0.4, 0.5) is 11.8 Å². The average Bonchev–Trinajstić information content (AvgIpc) is 2.36. The van der Waals surface area contributed by atoms with Crippen LogP contribution in [-0.2, 0) is 6.54 Å². The standard InChI is InChI=1S/C12H13BrN4O/c1-18-9-4-2-8(3-5-9)7-15-12-16-10(13)6-11(14)17-12/h2-6H,7H2,1H3,(H3,14,15,16,17). The van der Waals surface area contributed by atoms with Crippen molar-refractivity contribution in [2.24, 2.45) is 0 Å². The predicted molar refractivity (Wildman–Crippen MR) is 74.5 cm³/mol. The number of ether oxygens (including phenoxy) is 1. The molecule has 18 heavy (non-hydrogen) atoms. The molecule has 2 rings (SSSR count). The third-order valence-electron chi connectivity index (χ3n) is 2.32. The predicted octanol–water partition coefficient (Wildman–Crippen LogP) is 2.44. The summed E-state index contributed by atoms with van der Waals surface area (Å²) in [4.78, 5) is 8.26. The van der Waals surface area contributed by atoms with Crippen molar-refractivity contribution in [3.8, 4) is 5.75 Å². The van der Waals surface area contributed by atoms with E-state index in [1.54, 1.807) is 13.2 Å². The molecule has 0 saturated heterocycles. The first-order chi connectivity index (χ1) is 8.67. The molecule has 2 aromatic rings. The van der Waals surface area contributed by atoms with Gasteiger partial charge >= 0.3 is 0 Å². The van der Waals surface area contributed by atoms with Crippen LogP contribution in [-0.4, -0.2) is 17.1 Å². The maximum absolute atomic E-state index is 5.63. The van der Waals surface area contributed by atoms with Gasteiger partial charge in [0.05, 0.1) is 7.11 Å². The number of hydrogen-bond donors (Lipinski definition) is 2. The molecule has 0 fully saturated rings. The highest BCUT2D eigenvalue weighted by atomic mass is 79.9. The minimum Gasteiger partial charge on any atom is -0.497 e. The van der Waals surface area contributed by atoms with Gasteiger partial charge in [0.1, 0.15) is 16.2 Å². The normalized spacial score (nSPS) is 10.1. The second-order valence-corrected chi connectivity index (χ2v) is 4.45. The van der Waals surface area contributed by atoms with Crippen molar-refractivity contribution in [3.05, 3.63) is 40.5 Å². The minimum atomic E-state index is 0.425. The van der Waals surface area contributed by atoms with E-state index in [4.69, 9.17) is 10.5 Å². The van der Waals surface area contributed by atoms with Gasteiger partial charge in [-0.15, -0.1) is 0 Å².